The number of carbonyl (C=O) groups is 2. The van der Waals surface area contributed by atoms with E-state index < -0.39 is 11.9 Å². The van der Waals surface area contributed by atoms with Crippen molar-refractivity contribution in [1.29, 1.82) is 5.26 Å². The second-order valence-corrected chi connectivity index (χ2v) is 6.35. The first kappa shape index (κ1) is 18.2. The highest BCUT2D eigenvalue weighted by Crippen LogP contribution is 2.26. The van der Waals surface area contributed by atoms with Gasteiger partial charge in [-0.25, -0.2) is 4.79 Å². The number of benzene rings is 1. The first-order valence-corrected chi connectivity index (χ1v) is 8.69. The maximum atomic E-state index is 12.5. The minimum absolute atomic E-state index is 0.0965. The van der Waals surface area contributed by atoms with E-state index in [2.05, 4.69) is 15.0 Å². The average Bonchev–Trinajstić information content (AvgIpc) is 3.31. The molecule has 0 atom stereocenters. The predicted octanol–water partition coefficient (Wildman–Crippen LogP) is 3.57. The maximum Gasteiger partial charge on any atom is 0.350 e. The number of fused-ring (bicyclic) bond motifs is 1. The number of nitriles is 1. The van der Waals surface area contributed by atoms with Crippen LogP contribution in [0.2, 0.25) is 0 Å². The number of methoxy groups -OCH3 is 2. The van der Waals surface area contributed by atoms with Crippen molar-refractivity contribution in [2.75, 3.05) is 19.5 Å². The molecule has 0 spiro atoms. The lowest BCUT2D eigenvalue weighted by atomic mass is 10.1. The molecule has 1 amide bonds. The van der Waals surface area contributed by atoms with Gasteiger partial charge in [0.15, 0.2) is 0 Å². The molecule has 3 rings (SSSR count). The van der Waals surface area contributed by atoms with E-state index in [0.717, 1.165) is 22.2 Å². The molecule has 0 aliphatic heterocycles. The number of carbonyl (C=O) groups excluding carboxylic acids is 2. The van der Waals surface area contributed by atoms with Crippen LogP contribution in [0.15, 0.2) is 41.4 Å². The number of ether oxygens (including phenoxy) is 2. The number of aromatic amines is 1. The van der Waals surface area contributed by atoms with Crippen LogP contribution in [-0.2, 0) is 9.53 Å². The van der Waals surface area contributed by atoms with E-state index in [0.29, 0.717) is 17.0 Å². The van der Waals surface area contributed by atoms with Crippen LogP contribution in [0.4, 0.5) is 5.69 Å². The van der Waals surface area contributed by atoms with Crippen LogP contribution in [-0.4, -0.2) is 31.1 Å². The standard InChI is InChI=1S/C19H15N3O4S/c1-25-13-3-4-15-14(8-13)12(10-21-15)7-11(9-20)18(23)22-16-5-6-27-17(16)19(24)26-2/h3-8,10,21H,1-2H3,(H,22,23)/b11-7+. The quantitative estimate of drug-likeness (QED) is 0.399. The van der Waals surface area contributed by atoms with Gasteiger partial charge < -0.3 is 19.8 Å². The van der Waals surface area contributed by atoms with Crippen LogP contribution in [0.5, 0.6) is 5.75 Å². The zero-order chi connectivity index (χ0) is 19.4. The summed E-state index contributed by atoms with van der Waals surface area (Å²) in [6.07, 6.45) is 3.19. The van der Waals surface area contributed by atoms with Crippen LogP contribution < -0.4 is 10.1 Å². The largest absolute Gasteiger partial charge is 0.497 e. The molecule has 1 aromatic carbocycles. The van der Waals surface area contributed by atoms with Crippen LogP contribution in [0.1, 0.15) is 15.2 Å². The summed E-state index contributed by atoms with van der Waals surface area (Å²) in [5.41, 5.74) is 1.74. The summed E-state index contributed by atoms with van der Waals surface area (Å²) >= 11 is 1.14. The molecule has 3 aromatic rings. The Morgan fingerprint density at radius 2 is 2.11 bits per heavy atom. The fraction of sp³-hybridized carbons (Fsp3) is 0.105. The molecule has 0 aliphatic carbocycles. The monoisotopic (exact) mass is 381 g/mol. The van der Waals surface area contributed by atoms with Gasteiger partial charge in [0.1, 0.15) is 22.3 Å². The third kappa shape index (κ3) is 3.68. The molecule has 7 nitrogen and oxygen atoms in total. The third-order valence-electron chi connectivity index (χ3n) is 3.87. The zero-order valence-corrected chi connectivity index (χ0v) is 15.3. The molecule has 0 bridgehead atoms. The molecule has 0 saturated carbocycles. The number of thiophene rings is 1. The summed E-state index contributed by atoms with van der Waals surface area (Å²) in [6.45, 7) is 0. The number of rotatable bonds is 5. The molecule has 2 heterocycles. The van der Waals surface area contributed by atoms with E-state index >= 15 is 0 Å². The van der Waals surface area contributed by atoms with Gasteiger partial charge in [-0.1, -0.05) is 0 Å². The molecule has 27 heavy (non-hydrogen) atoms. The second kappa shape index (κ2) is 7.76. The molecule has 0 aliphatic rings. The van der Waals surface area contributed by atoms with Crippen molar-refractivity contribution in [3.05, 3.63) is 51.9 Å². The summed E-state index contributed by atoms with van der Waals surface area (Å²) < 4.78 is 9.90. The molecule has 8 heteroatoms. The van der Waals surface area contributed by atoms with Gasteiger partial charge in [0.25, 0.3) is 5.91 Å². The summed E-state index contributed by atoms with van der Waals surface area (Å²) in [5, 5.41) is 14.5. The van der Waals surface area contributed by atoms with Crippen molar-refractivity contribution < 1.29 is 19.1 Å². The molecule has 2 N–H and O–H groups in total. The van der Waals surface area contributed by atoms with Gasteiger partial charge in [0.05, 0.1) is 19.9 Å². The van der Waals surface area contributed by atoms with E-state index in [1.807, 2.05) is 24.3 Å². The molecular formula is C19H15N3O4S. The van der Waals surface area contributed by atoms with E-state index in [-0.39, 0.29) is 10.5 Å². The number of amides is 1. The third-order valence-corrected chi connectivity index (χ3v) is 4.76. The highest BCUT2D eigenvalue weighted by molar-refractivity contribution is 7.12. The summed E-state index contributed by atoms with van der Waals surface area (Å²) in [7, 11) is 2.83. The minimum atomic E-state index is -0.613. The van der Waals surface area contributed by atoms with Crippen molar-refractivity contribution in [2.45, 2.75) is 0 Å². The van der Waals surface area contributed by atoms with E-state index in [9.17, 15) is 14.9 Å². The van der Waals surface area contributed by atoms with Gasteiger partial charge in [-0.3, -0.25) is 4.79 Å². The van der Waals surface area contributed by atoms with Crippen LogP contribution in [0.3, 0.4) is 0 Å². The number of anilines is 1. The van der Waals surface area contributed by atoms with Crippen molar-refractivity contribution in [3.63, 3.8) is 0 Å². The average molecular weight is 381 g/mol. The Kier molecular flexibility index (Phi) is 5.24. The van der Waals surface area contributed by atoms with Gasteiger partial charge in [0, 0.05) is 22.7 Å². The second-order valence-electron chi connectivity index (χ2n) is 5.43. The molecule has 0 radical (unpaired) electrons. The summed E-state index contributed by atoms with van der Waals surface area (Å²) in [6, 6.07) is 8.97. The van der Waals surface area contributed by atoms with E-state index in [1.165, 1.54) is 13.2 Å². The SMILES string of the molecule is COC(=O)c1sccc1NC(=O)/C(C#N)=C/c1c[nH]c2ccc(OC)cc12. The highest BCUT2D eigenvalue weighted by atomic mass is 32.1. The number of H-pyrrole nitrogens is 1. The van der Waals surface area contributed by atoms with Crippen LogP contribution >= 0.6 is 11.3 Å². The summed E-state index contributed by atoms with van der Waals surface area (Å²) in [5.74, 6) is -0.495. The number of esters is 1. The van der Waals surface area contributed by atoms with Crippen molar-refractivity contribution in [1.82, 2.24) is 4.98 Å². The topological polar surface area (TPSA) is 104 Å². The molecular weight excluding hydrogens is 366 g/mol. The minimum Gasteiger partial charge on any atom is -0.497 e. The van der Waals surface area contributed by atoms with Crippen molar-refractivity contribution >= 4 is 45.9 Å². The lowest BCUT2D eigenvalue weighted by molar-refractivity contribution is -0.112. The van der Waals surface area contributed by atoms with Gasteiger partial charge in [-0.2, -0.15) is 5.26 Å². The number of aromatic nitrogens is 1. The van der Waals surface area contributed by atoms with Crippen LogP contribution in [0, 0.1) is 11.3 Å². The van der Waals surface area contributed by atoms with E-state index in [1.54, 1.807) is 24.8 Å². The normalized spacial score (nSPS) is 11.1. The van der Waals surface area contributed by atoms with E-state index in [4.69, 9.17) is 4.74 Å². The number of nitrogens with zero attached hydrogens (tertiary/aromatic N) is 1. The lowest BCUT2D eigenvalue weighted by Crippen LogP contribution is -2.15. The Labute approximate surface area is 158 Å². The number of hydrogen-bond donors (Lipinski definition) is 2. The Hall–Kier alpha value is -3.57. The highest BCUT2D eigenvalue weighted by Gasteiger charge is 2.18. The smallest absolute Gasteiger partial charge is 0.350 e. The van der Waals surface area contributed by atoms with Crippen LogP contribution in [0.25, 0.3) is 17.0 Å². The van der Waals surface area contributed by atoms with Gasteiger partial charge in [-0.15, -0.1) is 11.3 Å². The number of hydrogen-bond acceptors (Lipinski definition) is 6. The Balaban J connectivity index is 1.91. The lowest BCUT2D eigenvalue weighted by Gasteiger charge is -2.05. The first-order valence-electron chi connectivity index (χ1n) is 7.81. The molecule has 2 aromatic heterocycles. The van der Waals surface area contributed by atoms with Gasteiger partial charge in [0.2, 0.25) is 0 Å². The molecule has 0 fully saturated rings. The maximum absolute atomic E-state index is 12.5. The Morgan fingerprint density at radius 3 is 2.81 bits per heavy atom. The van der Waals surface area contributed by atoms with Crippen molar-refractivity contribution in [3.8, 4) is 11.8 Å². The fourth-order valence-electron chi connectivity index (χ4n) is 2.52. The van der Waals surface area contributed by atoms with Crippen molar-refractivity contribution in [2.24, 2.45) is 0 Å². The first-order chi connectivity index (χ1) is 13.1. The number of nitrogens with one attached hydrogen (secondary N) is 2. The molecule has 136 valence electrons. The summed E-state index contributed by atoms with van der Waals surface area (Å²) in [4.78, 5) is 27.6. The Morgan fingerprint density at radius 1 is 1.30 bits per heavy atom. The van der Waals surface area contributed by atoms with Gasteiger partial charge in [-0.05, 0) is 35.7 Å². The predicted molar refractivity (Wildman–Crippen MR) is 103 cm³/mol. The molecule has 0 unspecified atom stereocenters. The molecule has 0 saturated heterocycles. The zero-order valence-electron chi connectivity index (χ0n) is 14.5. The Bertz CT molecular complexity index is 1090. The van der Waals surface area contributed by atoms with Gasteiger partial charge >= 0.3 is 5.97 Å². The fourth-order valence-corrected chi connectivity index (χ4v) is 3.29.